The fraction of sp³-hybridized carbons (Fsp3) is 0.900. The van der Waals surface area contributed by atoms with E-state index < -0.39 is 0 Å². The smallest absolute Gasteiger partial charge is 0.213 e. The van der Waals surface area contributed by atoms with Gasteiger partial charge in [0.1, 0.15) is 0 Å². The summed E-state index contributed by atoms with van der Waals surface area (Å²) in [6.07, 6.45) is 1.86. The van der Waals surface area contributed by atoms with Crippen LogP contribution < -0.4 is 5.32 Å². The molecule has 1 heterocycles. The van der Waals surface area contributed by atoms with Gasteiger partial charge in [0, 0.05) is 25.2 Å². The summed E-state index contributed by atoms with van der Waals surface area (Å²) in [5.74, 6) is 0. The zero-order chi connectivity index (χ0) is 10.4. The highest BCUT2D eigenvalue weighted by Crippen LogP contribution is 2.07. The lowest BCUT2D eigenvalue weighted by Gasteiger charge is -2.35. The summed E-state index contributed by atoms with van der Waals surface area (Å²) in [4.78, 5) is 12.5. The molecule has 0 unspecified atom stereocenters. The van der Waals surface area contributed by atoms with Gasteiger partial charge in [-0.25, -0.2) is 0 Å². The van der Waals surface area contributed by atoms with Crippen molar-refractivity contribution >= 4 is 6.29 Å². The summed E-state index contributed by atoms with van der Waals surface area (Å²) in [5, 5.41) is 3.15. The second-order valence-electron chi connectivity index (χ2n) is 4.27. The van der Waals surface area contributed by atoms with Gasteiger partial charge in [0.05, 0.1) is 19.8 Å². The van der Waals surface area contributed by atoms with E-state index in [0.29, 0.717) is 6.54 Å². The molecule has 1 rings (SSSR count). The van der Waals surface area contributed by atoms with Crippen LogP contribution in [0.1, 0.15) is 13.8 Å². The van der Waals surface area contributed by atoms with Crippen LogP contribution in [0.5, 0.6) is 0 Å². The maximum atomic E-state index is 10.1. The van der Waals surface area contributed by atoms with Gasteiger partial charge < -0.3 is 10.1 Å². The SMILES string of the molecule is CC(C)(CN1CCOCC1)NC[C]=O. The molecule has 0 atom stereocenters. The van der Waals surface area contributed by atoms with E-state index in [1.54, 1.807) is 0 Å². The van der Waals surface area contributed by atoms with Crippen LogP contribution in [0, 0.1) is 0 Å². The average molecular weight is 199 g/mol. The maximum absolute atomic E-state index is 10.1. The minimum atomic E-state index is -0.0330. The van der Waals surface area contributed by atoms with Crippen molar-refractivity contribution < 1.29 is 9.53 Å². The number of hydrogen-bond acceptors (Lipinski definition) is 4. The third kappa shape index (κ3) is 4.17. The number of rotatable bonds is 5. The second kappa shape index (κ2) is 5.44. The van der Waals surface area contributed by atoms with Gasteiger partial charge in [0.2, 0.25) is 6.29 Å². The minimum absolute atomic E-state index is 0.0330. The molecule has 4 nitrogen and oxygen atoms in total. The van der Waals surface area contributed by atoms with E-state index >= 15 is 0 Å². The summed E-state index contributed by atoms with van der Waals surface area (Å²) < 4.78 is 5.27. The van der Waals surface area contributed by atoms with Gasteiger partial charge in [-0.05, 0) is 13.8 Å². The molecule has 1 saturated heterocycles. The zero-order valence-electron chi connectivity index (χ0n) is 9.01. The first-order valence-corrected chi connectivity index (χ1v) is 5.04. The largest absolute Gasteiger partial charge is 0.379 e. The monoisotopic (exact) mass is 199 g/mol. The lowest BCUT2D eigenvalue weighted by atomic mass is 10.0. The quantitative estimate of drug-likeness (QED) is 0.665. The standard InChI is InChI=1S/C10H19N2O2/c1-10(2,11-3-6-13)9-12-4-7-14-8-5-12/h11H,3-5,7-9H2,1-2H3. The van der Waals surface area contributed by atoms with Crippen LogP contribution >= 0.6 is 0 Å². The van der Waals surface area contributed by atoms with E-state index in [2.05, 4.69) is 24.1 Å². The molecule has 0 amide bonds. The van der Waals surface area contributed by atoms with Crippen LogP contribution in [0.15, 0.2) is 0 Å². The van der Waals surface area contributed by atoms with Crippen LogP contribution in [0.2, 0.25) is 0 Å². The van der Waals surface area contributed by atoms with Gasteiger partial charge in [-0.3, -0.25) is 9.69 Å². The fourth-order valence-electron chi connectivity index (χ4n) is 1.65. The van der Waals surface area contributed by atoms with Gasteiger partial charge in [0.25, 0.3) is 0 Å². The molecule has 0 spiro atoms. The Kier molecular flexibility index (Phi) is 4.51. The number of nitrogens with one attached hydrogen (secondary N) is 1. The van der Waals surface area contributed by atoms with Crippen molar-refractivity contribution in [1.82, 2.24) is 10.2 Å². The Morgan fingerprint density at radius 3 is 2.64 bits per heavy atom. The molecule has 0 aliphatic carbocycles. The summed E-state index contributed by atoms with van der Waals surface area (Å²) in [6.45, 7) is 9.03. The predicted molar refractivity (Wildman–Crippen MR) is 55.0 cm³/mol. The predicted octanol–water partition coefficient (Wildman–Crippen LogP) is -0.203. The van der Waals surface area contributed by atoms with Crippen molar-refractivity contribution in [3.8, 4) is 0 Å². The number of carbonyl (C=O) groups excluding carboxylic acids is 1. The maximum Gasteiger partial charge on any atom is 0.213 e. The van der Waals surface area contributed by atoms with E-state index in [0.717, 1.165) is 32.8 Å². The molecule has 14 heavy (non-hydrogen) atoms. The Labute approximate surface area is 85.6 Å². The van der Waals surface area contributed by atoms with Crippen molar-refractivity contribution in [1.29, 1.82) is 0 Å². The average Bonchev–Trinajstić information content (AvgIpc) is 2.16. The minimum Gasteiger partial charge on any atom is -0.379 e. The number of hydrogen-bond donors (Lipinski definition) is 1. The lowest BCUT2D eigenvalue weighted by Crippen LogP contribution is -2.52. The topological polar surface area (TPSA) is 41.6 Å². The molecule has 81 valence electrons. The Morgan fingerprint density at radius 1 is 1.43 bits per heavy atom. The molecule has 1 aliphatic heterocycles. The Bertz CT molecular complexity index is 177. The van der Waals surface area contributed by atoms with E-state index in [9.17, 15) is 4.79 Å². The number of nitrogens with zero attached hydrogens (tertiary/aromatic N) is 1. The highest BCUT2D eigenvalue weighted by molar-refractivity contribution is 5.53. The van der Waals surface area contributed by atoms with Crippen LogP contribution in [-0.2, 0) is 9.53 Å². The molecule has 0 saturated carbocycles. The van der Waals surface area contributed by atoms with Crippen LogP contribution in [0.4, 0.5) is 0 Å². The van der Waals surface area contributed by atoms with Gasteiger partial charge >= 0.3 is 0 Å². The van der Waals surface area contributed by atoms with Crippen molar-refractivity contribution in [3.63, 3.8) is 0 Å². The van der Waals surface area contributed by atoms with Gasteiger partial charge in [-0.15, -0.1) is 0 Å². The summed E-state index contributed by atoms with van der Waals surface area (Å²) in [7, 11) is 0. The fourth-order valence-corrected chi connectivity index (χ4v) is 1.65. The van der Waals surface area contributed by atoms with Gasteiger partial charge in [-0.2, -0.15) is 0 Å². The highest BCUT2D eigenvalue weighted by Gasteiger charge is 2.22. The van der Waals surface area contributed by atoms with E-state index in [1.807, 2.05) is 6.29 Å². The molecule has 0 aromatic rings. The van der Waals surface area contributed by atoms with E-state index in [4.69, 9.17) is 4.74 Å². The first kappa shape index (κ1) is 11.6. The first-order chi connectivity index (χ1) is 6.64. The van der Waals surface area contributed by atoms with E-state index in [1.165, 1.54) is 0 Å². The molecule has 1 aliphatic rings. The Morgan fingerprint density at radius 2 is 2.07 bits per heavy atom. The summed E-state index contributed by atoms with van der Waals surface area (Å²) >= 11 is 0. The number of ether oxygens (including phenoxy) is 1. The zero-order valence-corrected chi connectivity index (χ0v) is 9.01. The molecular weight excluding hydrogens is 180 g/mol. The van der Waals surface area contributed by atoms with Crippen LogP contribution in [0.25, 0.3) is 0 Å². The summed E-state index contributed by atoms with van der Waals surface area (Å²) in [6, 6.07) is 0. The molecule has 1 fully saturated rings. The Hall–Kier alpha value is -0.450. The number of morpholine rings is 1. The van der Waals surface area contributed by atoms with Gasteiger partial charge in [-0.1, -0.05) is 0 Å². The first-order valence-electron chi connectivity index (χ1n) is 5.04. The normalized spacial score (nSPS) is 19.6. The molecule has 0 bridgehead atoms. The third-order valence-corrected chi connectivity index (χ3v) is 2.36. The van der Waals surface area contributed by atoms with Crippen molar-refractivity contribution in [3.05, 3.63) is 0 Å². The Balaban J connectivity index is 2.28. The molecule has 4 heteroatoms. The summed E-state index contributed by atoms with van der Waals surface area (Å²) in [5.41, 5.74) is -0.0330. The van der Waals surface area contributed by atoms with Crippen molar-refractivity contribution in [2.24, 2.45) is 0 Å². The molecule has 0 aromatic carbocycles. The molecule has 0 aromatic heterocycles. The highest BCUT2D eigenvalue weighted by atomic mass is 16.5. The molecular formula is C10H19N2O2. The van der Waals surface area contributed by atoms with Crippen molar-refractivity contribution in [2.45, 2.75) is 19.4 Å². The van der Waals surface area contributed by atoms with Crippen molar-refractivity contribution in [2.75, 3.05) is 39.4 Å². The van der Waals surface area contributed by atoms with E-state index in [-0.39, 0.29) is 5.54 Å². The second-order valence-corrected chi connectivity index (χ2v) is 4.27. The van der Waals surface area contributed by atoms with Gasteiger partial charge in [0.15, 0.2) is 0 Å². The molecule has 1 N–H and O–H groups in total. The lowest BCUT2D eigenvalue weighted by molar-refractivity contribution is 0.0275. The molecule has 1 radical (unpaired) electrons. The third-order valence-electron chi connectivity index (χ3n) is 2.36. The van der Waals surface area contributed by atoms with Crippen LogP contribution in [0.3, 0.4) is 0 Å². The van der Waals surface area contributed by atoms with Crippen LogP contribution in [-0.4, -0.2) is 56.1 Å².